The number of hydrogen-bond donors (Lipinski definition) is 2. The summed E-state index contributed by atoms with van der Waals surface area (Å²) in [4.78, 5) is 26.2. The quantitative estimate of drug-likeness (QED) is 0.825. The fourth-order valence-corrected chi connectivity index (χ4v) is 3.91. The SMILES string of the molecule is Cc1nc2c(c(N3CCN(c4ccc(F)cc4)CC3)n1)NC(=O)C(CC(C)C)N2. The second-order valence-electron chi connectivity index (χ2n) is 8.08. The fourth-order valence-electron chi connectivity index (χ4n) is 3.91. The van der Waals surface area contributed by atoms with Crippen molar-refractivity contribution in [3.05, 3.63) is 35.9 Å². The van der Waals surface area contributed by atoms with E-state index < -0.39 is 0 Å². The van der Waals surface area contributed by atoms with E-state index in [0.717, 1.165) is 44.1 Å². The van der Waals surface area contributed by atoms with Gasteiger partial charge < -0.3 is 20.4 Å². The average molecular weight is 398 g/mol. The minimum Gasteiger partial charge on any atom is -0.368 e. The largest absolute Gasteiger partial charge is 0.368 e. The van der Waals surface area contributed by atoms with Gasteiger partial charge in [0.1, 0.15) is 23.4 Å². The molecule has 7 nitrogen and oxygen atoms in total. The second kappa shape index (κ2) is 7.85. The van der Waals surface area contributed by atoms with Crippen LogP contribution < -0.4 is 20.4 Å². The number of carbonyl (C=O) groups excluding carboxylic acids is 1. The minimum atomic E-state index is -0.278. The van der Waals surface area contributed by atoms with Crippen molar-refractivity contribution in [1.29, 1.82) is 0 Å². The summed E-state index contributed by atoms with van der Waals surface area (Å²) < 4.78 is 13.2. The predicted molar refractivity (Wildman–Crippen MR) is 113 cm³/mol. The number of halogens is 1. The van der Waals surface area contributed by atoms with Crippen molar-refractivity contribution in [3.63, 3.8) is 0 Å². The van der Waals surface area contributed by atoms with Crippen LogP contribution in [-0.2, 0) is 4.79 Å². The van der Waals surface area contributed by atoms with Crippen LogP contribution in [0.15, 0.2) is 24.3 Å². The van der Waals surface area contributed by atoms with Gasteiger partial charge in [0.15, 0.2) is 11.6 Å². The van der Waals surface area contributed by atoms with Gasteiger partial charge in [-0.15, -0.1) is 0 Å². The summed E-state index contributed by atoms with van der Waals surface area (Å²) in [5, 5.41) is 6.34. The van der Waals surface area contributed by atoms with E-state index in [9.17, 15) is 9.18 Å². The van der Waals surface area contributed by atoms with E-state index in [2.05, 4.69) is 44.2 Å². The van der Waals surface area contributed by atoms with Crippen molar-refractivity contribution in [3.8, 4) is 0 Å². The maximum Gasteiger partial charge on any atom is 0.247 e. The number of carbonyl (C=O) groups is 1. The number of nitrogens with zero attached hydrogens (tertiary/aromatic N) is 4. The Bertz CT molecular complexity index is 893. The van der Waals surface area contributed by atoms with E-state index in [1.54, 1.807) is 12.1 Å². The molecule has 1 aromatic heterocycles. The number of piperazine rings is 1. The van der Waals surface area contributed by atoms with E-state index in [-0.39, 0.29) is 17.8 Å². The fraction of sp³-hybridized carbons (Fsp3) is 0.476. The minimum absolute atomic E-state index is 0.0372. The molecule has 2 aliphatic heterocycles. The van der Waals surface area contributed by atoms with E-state index >= 15 is 0 Å². The van der Waals surface area contributed by atoms with Crippen LogP contribution in [0.1, 0.15) is 26.1 Å². The third-order valence-electron chi connectivity index (χ3n) is 5.36. The van der Waals surface area contributed by atoms with Crippen molar-refractivity contribution >= 4 is 28.9 Å². The zero-order chi connectivity index (χ0) is 20.5. The number of fused-ring (bicyclic) bond motifs is 1. The molecule has 8 heteroatoms. The molecule has 0 spiro atoms. The van der Waals surface area contributed by atoms with Crippen molar-refractivity contribution in [1.82, 2.24) is 9.97 Å². The van der Waals surface area contributed by atoms with Crippen LogP contribution in [0.2, 0.25) is 0 Å². The van der Waals surface area contributed by atoms with Crippen molar-refractivity contribution in [2.24, 2.45) is 5.92 Å². The molecule has 3 heterocycles. The molecule has 154 valence electrons. The Labute approximate surface area is 170 Å². The van der Waals surface area contributed by atoms with Gasteiger partial charge >= 0.3 is 0 Å². The molecule has 1 unspecified atom stereocenters. The van der Waals surface area contributed by atoms with Gasteiger partial charge in [-0.05, 0) is 43.5 Å². The number of nitrogens with one attached hydrogen (secondary N) is 2. The zero-order valence-corrected chi connectivity index (χ0v) is 17.1. The van der Waals surface area contributed by atoms with E-state index in [0.29, 0.717) is 23.2 Å². The average Bonchev–Trinajstić information content (AvgIpc) is 2.69. The second-order valence-corrected chi connectivity index (χ2v) is 8.08. The Kier molecular flexibility index (Phi) is 5.25. The highest BCUT2D eigenvalue weighted by atomic mass is 19.1. The number of aromatic nitrogens is 2. The lowest BCUT2D eigenvalue weighted by Gasteiger charge is -2.38. The molecule has 0 radical (unpaired) electrons. The summed E-state index contributed by atoms with van der Waals surface area (Å²) in [5.41, 5.74) is 1.68. The van der Waals surface area contributed by atoms with Crippen LogP contribution in [0.4, 0.5) is 27.4 Å². The molecule has 1 fully saturated rings. The van der Waals surface area contributed by atoms with E-state index in [4.69, 9.17) is 0 Å². The molecule has 29 heavy (non-hydrogen) atoms. The highest BCUT2D eigenvalue weighted by Crippen LogP contribution is 2.35. The number of amides is 1. The van der Waals surface area contributed by atoms with Gasteiger partial charge in [0.25, 0.3) is 0 Å². The topological polar surface area (TPSA) is 73.4 Å². The first-order chi connectivity index (χ1) is 13.9. The maximum atomic E-state index is 13.2. The van der Waals surface area contributed by atoms with Gasteiger partial charge in [-0.25, -0.2) is 14.4 Å². The Morgan fingerprint density at radius 2 is 1.76 bits per heavy atom. The number of hydrogen-bond acceptors (Lipinski definition) is 6. The molecule has 0 bridgehead atoms. The highest BCUT2D eigenvalue weighted by Gasteiger charge is 2.32. The molecule has 1 saturated heterocycles. The lowest BCUT2D eigenvalue weighted by Crippen LogP contribution is -2.48. The van der Waals surface area contributed by atoms with Crippen LogP contribution >= 0.6 is 0 Å². The first kappa shape index (κ1) is 19.4. The number of anilines is 4. The van der Waals surface area contributed by atoms with Crippen LogP contribution in [-0.4, -0.2) is 48.1 Å². The van der Waals surface area contributed by atoms with Crippen LogP contribution in [0.25, 0.3) is 0 Å². The summed E-state index contributed by atoms with van der Waals surface area (Å²) in [6.45, 7) is 9.16. The molecule has 2 aliphatic rings. The molecule has 2 aromatic rings. The Balaban J connectivity index is 1.52. The Morgan fingerprint density at radius 1 is 1.10 bits per heavy atom. The van der Waals surface area contributed by atoms with Gasteiger partial charge in [0.2, 0.25) is 5.91 Å². The van der Waals surface area contributed by atoms with E-state index in [1.165, 1.54) is 12.1 Å². The summed E-state index contributed by atoms with van der Waals surface area (Å²) in [5.74, 6) is 2.27. The third-order valence-corrected chi connectivity index (χ3v) is 5.36. The summed E-state index contributed by atoms with van der Waals surface area (Å²) in [6.07, 6.45) is 0.750. The maximum absolute atomic E-state index is 13.2. The van der Waals surface area contributed by atoms with Gasteiger partial charge in [-0.1, -0.05) is 13.8 Å². The summed E-state index contributed by atoms with van der Waals surface area (Å²) in [6, 6.07) is 6.31. The Morgan fingerprint density at radius 3 is 2.41 bits per heavy atom. The normalized spacial score (nSPS) is 19.1. The van der Waals surface area contributed by atoms with Gasteiger partial charge in [0, 0.05) is 31.9 Å². The number of benzene rings is 1. The van der Waals surface area contributed by atoms with Gasteiger partial charge in [-0.2, -0.15) is 0 Å². The molecular weight excluding hydrogens is 371 g/mol. The molecule has 0 aliphatic carbocycles. The third kappa shape index (κ3) is 4.11. The summed E-state index contributed by atoms with van der Waals surface area (Å²) in [7, 11) is 0. The summed E-state index contributed by atoms with van der Waals surface area (Å²) >= 11 is 0. The lowest BCUT2D eigenvalue weighted by atomic mass is 10.0. The first-order valence-corrected chi connectivity index (χ1v) is 10.1. The molecule has 2 N–H and O–H groups in total. The molecule has 0 saturated carbocycles. The van der Waals surface area contributed by atoms with Gasteiger partial charge in [-0.3, -0.25) is 4.79 Å². The smallest absolute Gasteiger partial charge is 0.247 e. The molecule has 1 atom stereocenters. The van der Waals surface area contributed by atoms with Crippen LogP contribution in [0.5, 0.6) is 0 Å². The predicted octanol–water partition coefficient (Wildman–Crippen LogP) is 3.03. The lowest BCUT2D eigenvalue weighted by molar-refractivity contribution is -0.117. The molecule has 1 amide bonds. The zero-order valence-electron chi connectivity index (χ0n) is 17.1. The highest BCUT2D eigenvalue weighted by molar-refractivity contribution is 6.05. The van der Waals surface area contributed by atoms with Crippen LogP contribution in [0.3, 0.4) is 0 Å². The number of rotatable bonds is 4. The molecule has 4 rings (SSSR count). The standard InChI is InChI=1S/C21H27FN6O/c1-13(2)12-17-21(29)26-18-19(25-17)23-14(3)24-20(18)28-10-8-27(9-11-28)16-6-4-15(22)5-7-16/h4-7,13,17H,8-12H2,1-3H3,(H,26,29)(H,23,24,25). The first-order valence-electron chi connectivity index (χ1n) is 10.1. The van der Waals surface area contributed by atoms with Gasteiger partial charge in [0.05, 0.1) is 0 Å². The molecular formula is C21H27FN6O. The van der Waals surface area contributed by atoms with Crippen molar-refractivity contribution in [2.75, 3.05) is 46.6 Å². The van der Waals surface area contributed by atoms with Crippen molar-refractivity contribution in [2.45, 2.75) is 33.2 Å². The van der Waals surface area contributed by atoms with E-state index in [1.807, 2.05) is 6.92 Å². The number of aryl methyl sites for hydroxylation is 1. The van der Waals surface area contributed by atoms with Crippen molar-refractivity contribution < 1.29 is 9.18 Å². The Hall–Kier alpha value is -2.90. The molecule has 1 aromatic carbocycles. The van der Waals surface area contributed by atoms with Crippen LogP contribution in [0, 0.1) is 18.7 Å². The monoisotopic (exact) mass is 398 g/mol.